The number of hydrogen-bond acceptors (Lipinski definition) is 4. The predicted molar refractivity (Wildman–Crippen MR) is 49.8 cm³/mol. The minimum atomic E-state index is -0.838. The van der Waals surface area contributed by atoms with Crippen LogP contribution in [0.1, 0.15) is 31.3 Å². The highest BCUT2D eigenvalue weighted by Crippen LogP contribution is 1.99. The smallest absolute Gasteiger partial charge is 0.303 e. The molecule has 0 saturated carbocycles. The first-order valence-corrected chi connectivity index (χ1v) is 4.61. The van der Waals surface area contributed by atoms with Gasteiger partial charge in [-0.25, -0.2) is 4.98 Å². The second-order valence-electron chi connectivity index (χ2n) is 3.01. The number of aromatic nitrogens is 3. The van der Waals surface area contributed by atoms with Gasteiger partial charge in [-0.05, 0) is 6.42 Å². The number of hydrogen-bond donors (Lipinski definition) is 1. The normalized spacial score (nSPS) is 10.1. The average molecular weight is 195 g/mol. The number of rotatable bonds is 5. The Morgan fingerprint density at radius 3 is 2.93 bits per heavy atom. The Kier molecular flexibility index (Phi) is 3.97. The van der Waals surface area contributed by atoms with Gasteiger partial charge in [0.25, 0.3) is 0 Å². The van der Waals surface area contributed by atoms with Crippen LogP contribution >= 0.6 is 0 Å². The van der Waals surface area contributed by atoms with Gasteiger partial charge in [-0.3, -0.25) is 4.79 Å². The van der Waals surface area contributed by atoms with Gasteiger partial charge < -0.3 is 5.11 Å². The van der Waals surface area contributed by atoms with Gasteiger partial charge in [0.1, 0.15) is 0 Å². The fraction of sp³-hybridized carbons (Fsp3) is 0.556. The van der Waals surface area contributed by atoms with Crippen molar-refractivity contribution in [3.05, 3.63) is 17.7 Å². The summed E-state index contributed by atoms with van der Waals surface area (Å²) >= 11 is 0. The van der Waals surface area contributed by atoms with Crippen molar-refractivity contribution in [1.82, 2.24) is 15.2 Å². The summed E-state index contributed by atoms with van der Waals surface area (Å²) in [6.45, 7) is 2.05. The lowest BCUT2D eigenvalue weighted by atomic mass is 10.2. The number of aryl methyl sites for hydroxylation is 2. The Morgan fingerprint density at radius 2 is 2.29 bits per heavy atom. The highest BCUT2D eigenvalue weighted by Gasteiger charge is 2.03. The van der Waals surface area contributed by atoms with Gasteiger partial charge in [0.15, 0.2) is 5.82 Å². The molecule has 1 N–H and O–H groups in total. The molecule has 5 nitrogen and oxygen atoms in total. The van der Waals surface area contributed by atoms with E-state index in [0.717, 1.165) is 18.5 Å². The molecular weight excluding hydrogens is 182 g/mol. The molecular formula is C9H13N3O2. The molecule has 0 spiro atoms. The van der Waals surface area contributed by atoms with Crippen LogP contribution in [0.2, 0.25) is 0 Å². The van der Waals surface area contributed by atoms with Crippen molar-refractivity contribution in [3.63, 3.8) is 0 Å². The summed E-state index contributed by atoms with van der Waals surface area (Å²) in [7, 11) is 0. The van der Waals surface area contributed by atoms with E-state index in [4.69, 9.17) is 5.11 Å². The van der Waals surface area contributed by atoms with Crippen LogP contribution in [-0.4, -0.2) is 26.3 Å². The van der Waals surface area contributed by atoms with Crippen molar-refractivity contribution in [1.29, 1.82) is 0 Å². The molecule has 14 heavy (non-hydrogen) atoms. The minimum Gasteiger partial charge on any atom is -0.481 e. The number of carboxylic acid groups (broad SMARTS) is 1. The van der Waals surface area contributed by atoms with Crippen molar-refractivity contribution in [3.8, 4) is 0 Å². The van der Waals surface area contributed by atoms with Gasteiger partial charge in [0.2, 0.25) is 0 Å². The van der Waals surface area contributed by atoms with Crippen LogP contribution in [0.25, 0.3) is 0 Å². The summed E-state index contributed by atoms with van der Waals surface area (Å²) < 4.78 is 0. The quantitative estimate of drug-likeness (QED) is 0.753. The first-order chi connectivity index (χ1) is 6.72. The second kappa shape index (κ2) is 5.26. The molecule has 1 rings (SSSR count). The average Bonchev–Trinajstić information content (AvgIpc) is 2.16. The summed E-state index contributed by atoms with van der Waals surface area (Å²) in [6, 6.07) is 0. The zero-order valence-corrected chi connectivity index (χ0v) is 8.10. The molecule has 1 aromatic rings. The first kappa shape index (κ1) is 10.6. The molecule has 0 aliphatic carbocycles. The van der Waals surface area contributed by atoms with Crippen LogP contribution in [0, 0.1) is 0 Å². The molecule has 5 heteroatoms. The van der Waals surface area contributed by atoms with Crippen LogP contribution in [0.3, 0.4) is 0 Å². The second-order valence-corrected chi connectivity index (χ2v) is 3.01. The maximum atomic E-state index is 10.3. The minimum absolute atomic E-state index is 0.0528. The van der Waals surface area contributed by atoms with E-state index in [0.29, 0.717) is 12.2 Å². The largest absolute Gasteiger partial charge is 0.481 e. The molecule has 0 aromatic carbocycles. The van der Waals surface area contributed by atoms with Gasteiger partial charge >= 0.3 is 5.97 Å². The van der Waals surface area contributed by atoms with Crippen molar-refractivity contribution >= 4 is 5.97 Å². The lowest BCUT2D eigenvalue weighted by Crippen LogP contribution is -2.05. The van der Waals surface area contributed by atoms with Crippen LogP contribution in [0.5, 0.6) is 0 Å². The molecule has 0 atom stereocenters. The summed E-state index contributed by atoms with van der Waals surface area (Å²) in [5.41, 5.74) is 0.878. The topological polar surface area (TPSA) is 76.0 Å². The van der Waals surface area contributed by atoms with Gasteiger partial charge in [0.05, 0.1) is 18.3 Å². The lowest BCUT2D eigenvalue weighted by molar-refractivity contribution is -0.137. The van der Waals surface area contributed by atoms with E-state index in [-0.39, 0.29) is 6.42 Å². The fourth-order valence-electron chi connectivity index (χ4n) is 1.08. The van der Waals surface area contributed by atoms with E-state index >= 15 is 0 Å². The molecule has 76 valence electrons. The molecule has 0 radical (unpaired) electrons. The summed E-state index contributed by atoms with van der Waals surface area (Å²) in [5, 5.41) is 16.0. The molecule has 0 aliphatic heterocycles. The third-order valence-electron chi connectivity index (χ3n) is 1.72. The van der Waals surface area contributed by atoms with Crippen molar-refractivity contribution in [2.24, 2.45) is 0 Å². The predicted octanol–water partition coefficient (Wildman–Crippen LogP) is 0.841. The molecule has 0 aliphatic rings. The van der Waals surface area contributed by atoms with Gasteiger partial charge in [-0.2, -0.15) is 5.10 Å². The van der Waals surface area contributed by atoms with E-state index in [1.807, 2.05) is 0 Å². The molecule has 0 amide bonds. The number of aliphatic carboxylic acids is 1. The Labute approximate surface area is 82.2 Å². The maximum absolute atomic E-state index is 10.3. The molecule has 0 fully saturated rings. The van der Waals surface area contributed by atoms with Crippen molar-refractivity contribution in [2.75, 3.05) is 0 Å². The zero-order valence-electron chi connectivity index (χ0n) is 8.10. The zero-order chi connectivity index (χ0) is 10.4. The van der Waals surface area contributed by atoms with E-state index in [1.54, 1.807) is 6.20 Å². The molecule has 0 bridgehead atoms. The highest BCUT2D eigenvalue weighted by molar-refractivity contribution is 5.66. The van der Waals surface area contributed by atoms with E-state index < -0.39 is 5.97 Å². The number of carboxylic acids is 1. The summed E-state index contributed by atoms with van der Waals surface area (Å²) in [5.74, 6) is -0.326. The molecule has 1 aromatic heterocycles. The van der Waals surface area contributed by atoms with E-state index in [2.05, 4.69) is 22.1 Å². The Morgan fingerprint density at radius 1 is 1.50 bits per heavy atom. The third kappa shape index (κ3) is 3.47. The van der Waals surface area contributed by atoms with Gasteiger partial charge in [0, 0.05) is 6.42 Å². The molecule has 0 saturated heterocycles. The Hall–Kier alpha value is -1.52. The Balaban J connectivity index is 2.58. The number of carbonyl (C=O) groups is 1. The molecule has 0 unspecified atom stereocenters. The third-order valence-corrected chi connectivity index (χ3v) is 1.72. The highest BCUT2D eigenvalue weighted by atomic mass is 16.4. The Bertz CT molecular complexity index is 315. The van der Waals surface area contributed by atoms with Gasteiger partial charge in [-0.15, -0.1) is 5.10 Å². The van der Waals surface area contributed by atoms with E-state index in [1.165, 1.54) is 0 Å². The van der Waals surface area contributed by atoms with Crippen LogP contribution in [-0.2, 0) is 17.6 Å². The summed E-state index contributed by atoms with van der Waals surface area (Å²) in [6.07, 6.45) is 3.87. The maximum Gasteiger partial charge on any atom is 0.303 e. The van der Waals surface area contributed by atoms with Crippen LogP contribution < -0.4 is 0 Å². The monoisotopic (exact) mass is 195 g/mol. The van der Waals surface area contributed by atoms with E-state index in [9.17, 15) is 4.79 Å². The first-order valence-electron chi connectivity index (χ1n) is 4.61. The SMILES string of the molecule is CCCc1cnnc(CCC(=O)O)n1. The van der Waals surface area contributed by atoms with Crippen molar-refractivity contribution < 1.29 is 9.90 Å². The van der Waals surface area contributed by atoms with Crippen LogP contribution in [0.4, 0.5) is 0 Å². The van der Waals surface area contributed by atoms with Gasteiger partial charge in [-0.1, -0.05) is 13.3 Å². The summed E-state index contributed by atoms with van der Waals surface area (Å²) in [4.78, 5) is 14.5. The van der Waals surface area contributed by atoms with Crippen molar-refractivity contribution in [2.45, 2.75) is 32.6 Å². The fourth-order valence-corrected chi connectivity index (χ4v) is 1.08. The standard InChI is InChI=1S/C9H13N3O2/c1-2-3-7-6-10-12-8(11-7)4-5-9(13)14/h6H,2-5H2,1H3,(H,13,14). The number of nitrogens with zero attached hydrogens (tertiary/aromatic N) is 3. The van der Waals surface area contributed by atoms with Crippen LogP contribution in [0.15, 0.2) is 6.20 Å². The molecule has 1 heterocycles. The lowest BCUT2D eigenvalue weighted by Gasteiger charge is -1.99.